The van der Waals surface area contributed by atoms with E-state index < -0.39 is 0 Å². The quantitative estimate of drug-likeness (QED) is 0.628. The molecule has 1 amide bonds. The van der Waals surface area contributed by atoms with Crippen LogP contribution in [-0.2, 0) is 11.3 Å². The Bertz CT molecular complexity index is 1170. The number of aromatic nitrogens is 1. The second kappa shape index (κ2) is 9.72. The molecule has 1 fully saturated rings. The van der Waals surface area contributed by atoms with E-state index in [0.717, 1.165) is 67.5 Å². The van der Waals surface area contributed by atoms with Crippen LogP contribution in [0.15, 0.2) is 45.2 Å². The Hall–Kier alpha value is -2.75. The number of amides is 1. The van der Waals surface area contributed by atoms with Crippen LogP contribution in [0.5, 0.6) is 5.95 Å². The number of carbonyl (C=O) groups excluding carboxylic acids is 1. The molecule has 6 rings (SSSR count). The van der Waals surface area contributed by atoms with Crippen LogP contribution in [0.4, 0.5) is 11.7 Å². The SMILES string of the molecule is COc1cc2c(o1)N(CN1CCC(NCc3ccc4c(n3)NC(=O)CS4)CC1)C1CCC=CC1=C2. The van der Waals surface area contributed by atoms with Gasteiger partial charge >= 0.3 is 0 Å². The van der Waals surface area contributed by atoms with Crippen LogP contribution in [0, 0.1) is 0 Å². The summed E-state index contributed by atoms with van der Waals surface area (Å²) in [6.45, 7) is 3.64. The number of allylic oxidation sites excluding steroid dienone is 1. The van der Waals surface area contributed by atoms with Gasteiger partial charge in [-0.1, -0.05) is 12.2 Å². The van der Waals surface area contributed by atoms with Gasteiger partial charge in [0.1, 0.15) is 5.82 Å². The molecular formula is C26H31N5O3S. The number of carbonyl (C=O) groups is 1. The standard InChI is InChI=1S/C26H31N5O3S/c1-33-24-13-18-12-17-4-2-3-5-21(17)31(26(18)34-24)16-30-10-8-19(9-11-30)27-14-20-6-7-22-25(28-20)29-23(32)15-35-22/h2,4,6-7,12-13,19,21,27H,3,5,8-11,14-16H2,1H3,(H,28,29,32). The summed E-state index contributed by atoms with van der Waals surface area (Å²) in [4.78, 5) is 22.3. The Kier molecular flexibility index (Phi) is 6.30. The summed E-state index contributed by atoms with van der Waals surface area (Å²) in [5.74, 6) is 2.67. The van der Waals surface area contributed by atoms with E-state index in [4.69, 9.17) is 9.15 Å². The highest BCUT2D eigenvalue weighted by Gasteiger charge is 2.34. The Morgan fingerprint density at radius 2 is 2.17 bits per heavy atom. The van der Waals surface area contributed by atoms with Gasteiger partial charge in [-0.05, 0) is 49.5 Å². The Labute approximate surface area is 209 Å². The Morgan fingerprint density at radius 1 is 1.29 bits per heavy atom. The lowest BCUT2D eigenvalue weighted by Gasteiger charge is -2.42. The molecule has 2 N–H and O–H groups in total. The fraction of sp³-hybridized carbons (Fsp3) is 0.462. The summed E-state index contributed by atoms with van der Waals surface area (Å²) in [5, 5.41) is 6.56. The van der Waals surface area contributed by atoms with Crippen molar-refractivity contribution in [3.8, 4) is 5.95 Å². The van der Waals surface area contributed by atoms with Gasteiger partial charge in [0.25, 0.3) is 5.95 Å². The lowest BCUT2D eigenvalue weighted by atomic mass is 9.90. The number of ether oxygens (including phenoxy) is 1. The zero-order valence-electron chi connectivity index (χ0n) is 20.0. The number of methoxy groups -OCH3 is 1. The molecule has 2 aromatic heterocycles. The number of thioether (sulfide) groups is 1. The topological polar surface area (TPSA) is 82.9 Å². The van der Waals surface area contributed by atoms with Crippen LogP contribution in [-0.4, -0.2) is 60.5 Å². The first-order valence-electron chi connectivity index (χ1n) is 12.4. The van der Waals surface area contributed by atoms with Crippen LogP contribution in [0.2, 0.25) is 0 Å². The number of anilines is 2. The summed E-state index contributed by atoms with van der Waals surface area (Å²) in [6.07, 6.45) is 11.2. The second-order valence-electron chi connectivity index (χ2n) is 9.54. The maximum atomic E-state index is 11.7. The molecule has 2 aromatic rings. The maximum absolute atomic E-state index is 11.7. The van der Waals surface area contributed by atoms with E-state index in [1.807, 2.05) is 6.07 Å². The van der Waals surface area contributed by atoms with Crippen molar-refractivity contribution in [3.63, 3.8) is 0 Å². The van der Waals surface area contributed by atoms with E-state index >= 15 is 0 Å². The molecule has 184 valence electrons. The summed E-state index contributed by atoms with van der Waals surface area (Å²) < 4.78 is 11.5. The van der Waals surface area contributed by atoms with Crippen molar-refractivity contribution in [2.75, 3.05) is 42.8 Å². The monoisotopic (exact) mass is 493 g/mol. The van der Waals surface area contributed by atoms with Crippen LogP contribution < -0.4 is 20.3 Å². The molecule has 0 spiro atoms. The number of likely N-dealkylation sites (tertiary alicyclic amines) is 1. The smallest absolute Gasteiger partial charge is 0.286 e. The molecule has 4 aliphatic rings. The van der Waals surface area contributed by atoms with Crippen molar-refractivity contribution >= 4 is 35.4 Å². The first-order chi connectivity index (χ1) is 17.2. The lowest BCUT2D eigenvalue weighted by Crippen LogP contribution is -2.50. The largest absolute Gasteiger partial charge is 0.468 e. The average Bonchev–Trinajstić information content (AvgIpc) is 3.31. The molecule has 1 atom stereocenters. The fourth-order valence-electron chi connectivity index (χ4n) is 5.36. The summed E-state index contributed by atoms with van der Waals surface area (Å²) in [5.41, 5.74) is 3.42. The van der Waals surface area contributed by atoms with Crippen molar-refractivity contribution in [1.29, 1.82) is 0 Å². The van der Waals surface area contributed by atoms with Crippen LogP contribution in [0.25, 0.3) is 6.08 Å². The first kappa shape index (κ1) is 22.7. The highest BCUT2D eigenvalue weighted by atomic mass is 32.2. The number of hydrogen-bond donors (Lipinski definition) is 2. The number of furan rings is 1. The van der Waals surface area contributed by atoms with E-state index in [0.29, 0.717) is 36.1 Å². The van der Waals surface area contributed by atoms with Crippen molar-refractivity contribution < 1.29 is 13.9 Å². The van der Waals surface area contributed by atoms with Gasteiger partial charge in [-0.3, -0.25) is 9.69 Å². The minimum Gasteiger partial charge on any atom is -0.468 e. The summed E-state index contributed by atoms with van der Waals surface area (Å²) >= 11 is 1.55. The predicted octanol–water partition coefficient (Wildman–Crippen LogP) is 3.86. The summed E-state index contributed by atoms with van der Waals surface area (Å²) in [6, 6.07) is 6.92. The minimum absolute atomic E-state index is 0.0214. The lowest BCUT2D eigenvalue weighted by molar-refractivity contribution is -0.113. The highest BCUT2D eigenvalue weighted by Crippen LogP contribution is 2.41. The third-order valence-corrected chi connectivity index (χ3v) is 8.27. The van der Waals surface area contributed by atoms with E-state index in [-0.39, 0.29) is 5.91 Å². The molecule has 9 heteroatoms. The molecule has 0 saturated carbocycles. The van der Waals surface area contributed by atoms with Gasteiger partial charge < -0.3 is 24.7 Å². The third kappa shape index (κ3) is 4.72. The number of nitrogens with zero attached hydrogens (tertiary/aromatic N) is 3. The number of fused-ring (bicyclic) bond motifs is 3. The molecule has 5 heterocycles. The van der Waals surface area contributed by atoms with Gasteiger partial charge in [-0.25, -0.2) is 4.98 Å². The number of rotatable bonds is 6. The van der Waals surface area contributed by atoms with Crippen LogP contribution >= 0.6 is 11.8 Å². The molecule has 0 aromatic carbocycles. The molecular weight excluding hydrogens is 462 g/mol. The molecule has 0 bridgehead atoms. The number of hydrogen-bond acceptors (Lipinski definition) is 8. The van der Waals surface area contributed by atoms with Crippen LogP contribution in [0.1, 0.15) is 36.9 Å². The molecule has 1 aliphatic carbocycles. The van der Waals surface area contributed by atoms with Gasteiger partial charge in [0, 0.05) is 37.3 Å². The van der Waals surface area contributed by atoms with Crippen LogP contribution in [0.3, 0.4) is 0 Å². The zero-order valence-corrected chi connectivity index (χ0v) is 20.8. The minimum atomic E-state index is 0.0214. The van der Waals surface area contributed by atoms with Crippen molar-refractivity contribution in [2.45, 2.75) is 49.2 Å². The molecule has 1 unspecified atom stereocenters. The van der Waals surface area contributed by atoms with Crippen molar-refractivity contribution in [3.05, 3.63) is 47.2 Å². The normalized spacial score (nSPS) is 22.2. The third-order valence-electron chi connectivity index (χ3n) is 7.22. The van der Waals surface area contributed by atoms with Gasteiger partial charge in [0.05, 0.1) is 36.2 Å². The van der Waals surface area contributed by atoms with E-state index in [1.165, 1.54) is 5.57 Å². The number of nitrogens with one attached hydrogen (secondary N) is 2. The average molecular weight is 494 g/mol. The van der Waals surface area contributed by atoms with E-state index in [2.05, 4.69) is 55.8 Å². The van der Waals surface area contributed by atoms with Crippen molar-refractivity contribution in [1.82, 2.24) is 15.2 Å². The summed E-state index contributed by atoms with van der Waals surface area (Å²) in [7, 11) is 1.65. The molecule has 3 aliphatic heterocycles. The zero-order chi connectivity index (χ0) is 23.8. The fourth-order valence-corrected chi connectivity index (χ4v) is 6.12. The van der Waals surface area contributed by atoms with Gasteiger partial charge in [0.2, 0.25) is 11.8 Å². The highest BCUT2D eigenvalue weighted by molar-refractivity contribution is 8.00. The maximum Gasteiger partial charge on any atom is 0.286 e. The van der Waals surface area contributed by atoms with E-state index in [9.17, 15) is 4.79 Å². The molecule has 35 heavy (non-hydrogen) atoms. The van der Waals surface area contributed by atoms with Gasteiger partial charge in [0.15, 0.2) is 0 Å². The van der Waals surface area contributed by atoms with Gasteiger partial charge in [-0.2, -0.15) is 0 Å². The van der Waals surface area contributed by atoms with Gasteiger partial charge in [-0.15, -0.1) is 11.8 Å². The molecule has 1 saturated heterocycles. The number of piperidine rings is 1. The number of pyridine rings is 1. The molecule has 8 nitrogen and oxygen atoms in total. The predicted molar refractivity (Wildman–Crippen MR) is 138 cm³/mol. The molecule has 0 radical (unpaired) electrons. The Balaban J connectivity index is 1.06. The second-order valence-corrected chi connectivity index (χ2v) is 10.6. The first-order valence-corrected chi connectivity index (χ1v) is 13.4. The van der Waals surface area contributed by atoms with E-state index in [1.54, 1.807) is 18.9 Å². The Morgan fingerprint density at radius 3 is 3.03 bits per heavy atom. The van der Waals surface area contributed by atoms with Crippen molar-refractivity contribution in [2.24, 2.45) is 0 Å².